The molecule has 0 fully saturated rings. The van der Waals surface area contributed by atoms with Crippen LogP contribution >= 0.6 is 0 Å². The first-order valence-corrected chi connectivity index (χ1v) is 9.29. The van der Waals surface area contributed by atoms with Crippen LogP contribution in [0.15, 0.2) is 53.2 Å². The van der Waals surface area contributed by atoms with Gasteiger partial charge in [-0.05, 0) is 43.7 Å². The van der Waals surface area contributed by atoms with Crippen LogP contribution in [-0.2, 0) is 24.4 Å². The van der Waals surface area contributed by atoms with Gasteiger partial charge in [-0.1, -0.05) is 23.4 Å². The van der Waals surface area contributed by atoms with Gasteiger partial charge in [-0.3, -0.25) is 9.20 Å². The van der Waals surface area contributed by atoms with Crippen molar-refractivity contribution in [2.24, 2.45) is 0 Å². The Morgan fingerprint density at radius 1 is 1.14 bits per heavy atom. The van der Waals surface area contributed by atoms with Crippen molar-refractivity contribution in [1.82, 2.24) is 25.1 Å². The van der Waals surface area contributed by atoms with Crippen LogP contribution in [0.4, 0.5) is 0 Å². The van der Waals surface area contributed by atoms with E-state index in [1.165, 1.54) is 0 Å². The Morgan fingerprint density at radius 2 is 1.97 bits per heavy atom. The van der Waals surface area contributed by atoms with Crippen molar-refractivity contribution in [1.29, 1.82) is 0 Å². The van der Waals surface area contributed by atoms with E-state index in [0.29, 0.717) is 19.0 Å². The predicted octanol–water partition coefficient (Wildman–Crippen LogP) is 2.77. The number of nitrogens with zero attached hydrogens (tertiary/aromatic N) is 4. The number of fused-ring (bicyclic) bond motifs is 1. The third-order valence-electron chi connectivity index (χ3n) is 4.68. The minimum atomic E-state index is -0.0814. The number of benzene rings is 1. The molecule has 1 aromatic carbocycles. The Hall–Kier alpha value is -3.68. The first kappa shape index (κ1) is 18.7. The van der Waals surface area contributed by atoms with Gasteiger partial charge in [0.25, 0.3) is 0 Å². The molecule has 4 rings (SSSR count). The summed E-state index contributed by atoms with van der Waals surface area (Å²) in [5, 5.41) is 15.0. The van der Waals surface area contributed by atoms with Gasteiger partial charge in [-0.25, -0.2) is 0 Å². The molecule has 0 aliphatic heterocycles. The van der Waals surface area contributed by atoms with Gasteiger partial charge in [-0.15, -0.1) is 10.2 Å². The van der Waals surface area contributed by atoms with Crippen molar-refractivity contribution in [3.05, 3.63) is 77.1 Å². The second kappa shape index (κ2) is 8.14. The Balaban J connectivity index is 1.29. The second-order valence-electron chi connectivity index (χ2n) is 6.73. The summed E-state index contributed by atoms with van der Waals surface area (Å²) in [6.07, 6.45) is 2.15. The van der Waals surface area contributed by atoms with Gasteiger partial charge >= 0.3 is 0 Å². The number of aryl methyl sites for hydroxylation is 2. The molecule has 29 heavy (non-hydrogen) atoms. The maximum Gasteiger partial charge on any atom is 0.224 e. The smallest absolute Gasteiger partial charge is 0.224 e. The lowest BCUT2D eigenvalue weighted by molar-refractivity contribution is -0.120. The van der Waals surface area contributed by atoms with Gasteiger partial charge in [0.05, 0.1) is 24.2 Å². The molecule has 8 heteroatoms. The van der Waals surface area contributed by atoms with Gasteiger partial charge < -0.3 is 14.6 Å². The standard InChI is InChI=1S/C21H21N5O3/c1-14-18(15(2)29-25-14)13-28-17-8-6-16(7-9-17)11-21(27)22-12-20-24-23-19-5-3-4-10-26(19)20/h3-10H,11-13H2,1-2H3,(H,22,27). The molecule has 0 saturated heterocycles. The summed E-state index contributed by atoms with van der Waals surface area (Å²) in [5.41, 5.74) is 3.44. The molecule has 3 aromatic heterocycles. The number of carbonyl (C=O) groups is 1. The maximum absolute atomic E-state index is 12.3. The van der Waals surface area contributed by atoms with E-state index in [-0.39, 0.29) is 12.3 Å². The highest BCUT2D eigenvalue weighted by atomic mass is 16.5. The van der Waals surface area contributed by atoms with Crippen molar-refractivity contribution >= 4 is 11.6 Å². The maximum atomic E-state index is 12.3. The number of aromatic nitrogens is 4. The Kier molecular flexibility index (Phi) is 5.24. The van der Waals surface area contributed by atoms with E-state index < -0.39 is 0 Å². The molecule has 0 saturated carbocycles. The fourth-order valence-corrected chi connectivity index (χ4v) is 3.00. The van der Waals surface area contributed by atoms with Crippen molar-refractivity contribution < 1.29 is 14.1 Å². The van der Waals surface area contributed by atoms with Crippen LogP contribution < -0.4 is 10.1 Å². The molecular formula is C21H21N5O3. The molecule has 0 radical (unpaired) electrons. The van der Waals surface area contributed by atoms with E-state index in [4.69, 9.17) is 9.26 Å². The van der Waals surface area contributed by atoms with Crippen LogP contribution in [0.2, 0.25) is 0 Å². The molecular weight excluding hydrogens is 370 g/mol. The number of hydrogen-bond acceptors (Lipinski definition) is 6. The highest BCUT2D eigenvalue weighted by Crippen LogP contribution is 2.18. The van der Waals surface area contributed by atoms with Gasteiger partial charge in [0.1, 0.15) is 18.1 Å². The lowest BCUT2D eigenvalue weighted by Crippen LogP contribution is -2.25. The van der Waals surface area contributed by atoms with Crippen LogP contribution in [0.3, 0.4) is 0 Å². The number of amides is 1. The average Bonchev–Trinajstić information content (AvgIpc) is 3.29. The normalized spacial score (nSPS) is 11.0. The summed E-state index contributed by atoms with van der Waals surface area (Å²) in [7, 11) is 0. The van der Waals surface area contributed by atoms with Crippen LogP contribution in [0.1, 0.15) is 28.4 Å². The minimum Gasteiger partial charge on any atom is -0.489 e. The van der Waals surface area contributed by atoms with Crippen molar-refractivity contribution in [2.45, 2.75) is 33.4 Å². The molecule has 1 N–H and O–H groups in total. The number of carbonyl (C=O) groups excluding carboxylic acids is 1. The van der Waals surface area contributed by atoms with E-state index in [2.05, 4.69) is 20.7 Å². The summed E-state index contributed by atoms with van der Waals surface area (Å²) in [6.45, 7) is 4.47. The molecule has 8 nitrogen and oxygen atoms in total. The number of ether oxygens (including phenoxy) is 1. The zero-order chi connectivity index (χ0) is 20.2. The highest BCUT2D eigenvalue weighted by Gasteiger charge is 2.10. The molecule has 148 valence electrons. The molecule has 0 unspecified atom stereocenters. The minimum absolute atomic E-state index is 0.0814. The van der Waals surface area contributed by atoms with Gasteiger partial charge in [0.2, 0.25) is 5.91 Å². The van der Waals surface area contributed by atoms with Crippen molar-refractivity contribution in [3.8, 4) is 5.75 Å². The fraction of sp³-hybridized carbons (Fsp3) is 0.238. The average molecular weight is 391 g/mol. The van der Waals surface area contributed by atoms with Crippen molar-refractivity contribution in [3.63, 3.8) is 0 Å². The fourth-order valence-electron chi connectivity index (χ4n) is 3.00. The van der Waals surface area contributed by atoms with Crippen LogP contribution in [0, 0.1) is 13.8 Å². The van der Waals surface area contributed by atoms with E-state index in [0.717, 1.165) is 34.0 Å². The van der Waals surface area contributed by atoms with Gasteiger partial charge in [0.15, 0.2) is 11.5 Å². The summed E-state index contributed by atoms with van der Waals surface area (Å²) < 4.78 is 12.8. The van der Waals surface area contributed by atoms with Crippen LogP contribution in [-0.4, -0.2) is 25.7 Å². The summed E-state index contributed by atoms with van der Waals surface area (Å²) >= 11 is 0. The zero-order valence-electron chi connectivity index (χ0n) is 16.3. The molecule has 4 aromatic rings. The molecule has 0 bridgehead atoms. The van der Waals surface area contributed by atoms with E-state index in [1.54, 1.807) is 0 Å². The van der Waals surface area contributed by atoms with E-state index in [9.17, 15) is 4.79 Å². The quantitative estimate of drug-likeness (QED) is 0.521. The van der Waals surface area contributed by atoms with E-state index in [1.807, 2.05) is 66.9 Å². The third kappa shape index (κ3) is 4.26. The lowest BCUT2D eigenvalue weighted by atomic mass is 10.1. The van der Waals surface area contributed by atoms with Gasteiger partial charge in [0, 0.05) is 6.20 Å². The Morgan fingerprint density at radius 3 is 2.72 bits per heavy atom. The lowest BCUT2D eigenvalue weighted by Gasteiger charge is -2.08. The largest absolute Gasteiger partial charge is 0.489 e. The summed E-state index contributed by atoms with van der Waals surface area (Å²) in [5.74, 6) is 2.10. The number of pyridine rings is 1. The Labute approximate surface area is 167 Å². The molecule has 0 spiro atoms. The predicted molar refractivity (Wildman–Crippen MR) is 105 cm³/mol. The molecule has 0 aliphatic rings. The van der Waals surface area contributed by atoms with Crippen LogP contribution in [0.5, 0.6) is 5.75 Å². The topological polar surface area (TPSA) is 94.5 Å². The zero-order valence-corrected chi connectivity index (χ0v) is 16.3. The summed E-state index contributed by atoms with van der Waals surface area (Å²) in [6, 6.07) is 13.1. The van der Waals surface area contributed by atoms with E-state index >= 15 is 0 Å². The number of nitrogens with one attached hydrogen (secondary N) is 1. The number of hydrogen-bond donors (Lipinski definition) is 1. The second-order valence-corrected chi connectivity index (χ2v) is 6.73. The molecule has 3 heterocycles. The SMILES string of the molecule is Cc1noc(C)c1COc1ccc(CC(=O)NCc2nnc3ccccn23)cc1. The van der Waals surface area contributed by atoms with Crippen LogP contribution in [0.25, 0.3) is 5.65 Å². The molecule has 1 amide bonds. The third-order valence-corrected chi connectivity index (χ3v) is 4.68. The molecule has 0 atom stereocenters. The Bertz CT molecular complexity index is 1110. The van der Waals surface area contributed by atoms with Crippen molar-refractivity contribution in [2.75, 3.05) is 0 Å². The monoisotopic (exact) mass is 391 g/mol. The first-order chi connectivity index (χ1) is 14.1. The first-order valence-electron chi connectivity index (χ1n) is 9.29. The molecule has 0 aliphatic carbocycles. The highest BCUT2D eigenvalue weighted by molar-refractivity contribution is 5.78. The number of rotatable bonds is 7. The van der Waals surface area contributed by atoms with Gasteiger partial charge in [-0.2, -0.15) is 0 Å². The summed E-state index contributed by atoms with van der Waals surface area (Å²) in [4.78, 5) is 12.3.